The van der Waals surface area contributed by atoms with Crippen LogP contribution in [0.25, 0.3) is 0 Å². The fourth-order valence-electron chi connectivity index (χ4n) is 0.758. The van der Waals surface area contributed by atoms with Gasteiger partial charge >= 0.3 is 0 Å². The maximum atomic E-state index is 5.57. The zero-order valence-corrected chi connectivity index (χ0v) is 8.28. The van der Waals surface area contributed by atoms with Crippen LogP contribution in [0.5, 0.6) is 0 Å². The van der Waals surface area contributed by atoms with Crippen molar-refractivity contribution in [1.29, 1.82) is 0 Å². The molecule has 0 radical (unpaired) electrons. The molecule has 0 aliphatic heterocycles. The van der Waals surface area contributed by atoms with Gasteiger partial charge in [0, 0.05) is 13.2 Å². The van der Waals surface area contributed by atoms with E-state index in [1.54, 1.807) is 19.3 Å². The second kappa shape index (κ2) is 5.21. The molecule has 0 saturated heterocycles. The second-order valence-electron chi connectivity index (χ2n) is 2.25. The van der Waals surface area contributed by atoms with Crippen molar-refractivity contribution in [3.63, 3.8) is 0 Å². The normalized spacial score (nSPS) is 8.62. The van der Waals surface area contributed by atoms with Gasteiger partial charge in [-0.15, -0.1) is 0 Å². The molecule has 0 fully saturated rings. The van der Waals surface area contributed by atoms with E-state index in [2.05, 4.69) is 4.98 Å². The summed E-state index contributed by atoms with van der Waals surface area (Å²) in [5.41, 5.74) is 12.0. The molecule has 0 aliphatic rings. The summed E-state index contributed by atoms with van der Waals surface area (Å²) in [6.07, 6.45) is 1.56. The number of nitrogen functional groups attached to an aromatic ring is 2. The third-order valence-electron chi connectivity index (χ3n) is 1.34. The average Bonchev–Trinajstić information content (AvgIpc) is 2.13. The van der Waals surface area contributed by atoms with Gasteiger partial charge in [0.2, 0.25) is 0 Å². The Balaban J connectivity index is 0.000000671. The zero-order chi connectivity index (χ0) is 10.4. The van der Waals surface area contributed by atoms with Gasteiger partial charge in [-0.25, -0.2) is 10.8 Å². The van der Waals surface area contributed by atoms with Crippen molar-refractivity contribution in [3.8, 4) is 0 Å². The molecular weight excluding hydrogens is 166 g/mol. The van der Waals surface area contributed by atoms with E-state index in [9.17, 15) is 0 Å². The fraction of sp³-hybridized carbons (Fsp3) is 0.375. The van der Waals surface area contributed by atoms with E-state index in [1.165, 1.54) is 5.01 Å². The lowest BCUT2D eigenvalue weighted by molar-refractivity contribution is 0.981. The van der Waals surface area contributed by atoms with Crippen LogP contribution in [0.3, 0.4) is 0 Å². The van der Waals surface area contributed by atoms with Crippen LogP contribution in [-0.2, 0) is 0 Å². The van der Waals surface area contributed by atoms with E-state index in [0.29, 0.717) is 17.2 Å². The van der Waals surface area contributed by atoms with Crippen LogP contribution in [0.1, 0.15) is 13.8 Å². The van der Waals surface area contributed by atoms with Crippen molar-refractivity contribution >= 4 is 17.2 Å². The van der Waals surface area contributed by atoms with Gasteiger partial charge in [-0.3, -0.25) is 5.01 Å². The first-order valence-corrected chi connectivity index (χ1v) is 4.11. The molecule has 0 saturated carbocycles. The summed E-state index contributed by atoms with van der Waals surface area (Å²) in [5, 5.41) is 1.33. The number of hydrogen-bond acceptors (Lipinski definition) is 5. The highest BCUT2D eigenvalue weighted by molar-refractivity contribution is 5.75. The number of nitrogens with zero attached hydrogens (tertiary/aromatic N) is 2. The molecule has 1 heterocycles. The minimum Gasteiger partial charge on any atom is -0.397 e. The van der Waals surface area contributed by atoms with Gasteiger partial charge in [0.05, 0.1) is 11.4 Å². The predicted octanol–water partition coefficient (Wildman–Crippen LogP) is 0.582. The molecule has 5 nitrogen and oxygen atoms in total. The van der Waals surface area contributed by atoms with E-state index in [0.717, 1.165) is 0 Å². The number of rotatable bonds is 1. The van der Waals surface area contributed by atoms with Crippen LogP contribution in [0.15, 0.2) is 12.3 Å². The lowest BCUT2D eigenvalue weighted by atomic mass is 10.3. The molecular formula is C8H17N5. The zero-order valence-electron chi connectivity index (χ0n) is 8.28. The molecule has 74 valence electrons. The number of anilines is 3. The number of pyridine rings is 1. The summed E-state index contributed by atoms with van der Waals surface area (Å²) < 4.78 is 0. The summed E-state index contributed by atoms with van der Waals surface area (Å²) in [7, 11) is 1.65. The molecule has 0 aliphatic carbocycles. The summed E-state index contributed by atoms with van der Waals surface area (Å²) in [6, 6.07) is 1.63. The standard InChI is InChI=1S/C6H11N5.C2H6/c1-11(9)6-5(8)4(7)2-3-10-6;1-2/h2-3H,8-9H2,1H3,(H2,7,10);1-2H3. The van der Waals surface area contributed by atoms with Gasteiger partial charge in [-0.2, -0.15) is 0 Å². The van der Waals surface area contributed by atoms with Gasteiger partial charge in [0.15, 0.2) is 5.82 Å². The van der Waals surface area contributed by atoms with Crippen LogP contribution in [0.2, 0.25) is 0 Å². The number of hydrogen-bond donors (Lipinski definition) is 3. The molecule has 0 aromatic carbocycles. The SMILES string of the molecule is CC.CN(N)c1nccc(N)c1N. The highest BCUT2D eigenvalue weighted by Gasteiger charge is 2.04. The Morgan fingerprint density at radius 2 is 1.85 bits per heavy atom. The molecule has 1 rings (SSSR count). The Kier molecular flexibility index (Phi) is 4.61. The summed E-state index contributed by atoms with van der Waals surface area (Å²) in [5.74, 6) is 5.91. The molecule has 1 aromatic heterocycles. The predicted molar refractivity (Wildman–Crippen MR) is 57.0 cm³/mol. The smallest absolute Gasteiger partial charge is 0.167 e. The van der Waals surface area contributed by atoms with E-state index in [-0.39, 0.29) is 0 Å². The van der Waals surface area contributed by atoms with Crippen molar-refractivity contribution in [1.82, 2.24) is 4.98 Å². The first kappa shape index (κ1) is 11.5. The van der Waals surface area contributed by atoms with Crippen molar-refractivity contribution in [2.75, 3.05) is 23.5 Å². The maximum absolute atomic E-state index is 5.57. The van der Waals surface area contributed by atoms with E-state index in [4.69, 9.17) is 17.3 Å². The fourth-order valence-corrected chi connectivity index (χ4v) is 0.758. The lowest BCUT2D eigenvalue weighted by Gasteiger charge is -2.13. The third-order valence-corrected chi connectivity index (χ3v) is 1.34. The minimum absolute atomic E-state index is 0.414. The van der Waals surface area contributed by atoms with E-state index in [1.807, 2.05) is 13.8 Å². The van der Waals surface area contributed by atoms with E-state index >= 15 is 0 Å². The Labute approximate surface area is 78.5 Å². The average molecular weight is 183 g/mol. The van der Waals surface area contributed by atoms with Crippen molar-refractivity contribution < 1.29 is 0 Å². The lowest BCUT2D eigenvalue weighted by Crippen LogP contribution is -2.27. The van der Waals surface area contributed by atoms with Gasteiger partial charge in [0.25, 0.3) is 0 Å². The molecule has 13 heavy (non-hydrogen) atoms. The number of hydrazine groups is 1. The highest BCUT2D eigenvalue weighted by atomic mass is 15.4. The summed E-state index contributed by atoms with van der Waals surface area (Å²) >= 11 is 0. The van der Waals surface area contributed by atoms with Crippen molar-refractivity contribution in [3.05, 3.63) is 12.3 Å². The van der Waals surface area contributed by atoms with Gasteiger partial charge in [-0.05, 0) is 6.07 Å². The van der Waals surface area contributed by atoms with Gasteiger partial charge in [0.1, 0.15) is 0 Å². The minimum atomic E-state index is 0.414. The molecule has 0 spiro atoms. The molecule has 0 amide bonds. The Morgan fingerprint density at radius 1 is 1.31 bits per heavy atom. The molecule has 0 atom stereocenters. The van der Waals surface area contributed by atoms with Gasteiger partial charge < -0.3 is 11.5 Å². The third kappa shape index (κ3) is 2.79. The van der Waals surface area contributed by atoms with Crippen LogP contribution >= 0.6 is 0 Å². The second-order valence-corrected chi connectivity index (χ2v) is 2.25. The first-order valence-electron chi connectivity index (χ1n) is 4.11. The Morgan fingerprint density at radius 3 is 2.23 bits per heavy atom. The van der Waals surface area contributed by atoms with Gasteiger partial charge in [-0.1, -0.05) is 13.8 Å². The summed E-state index contributed by atoms with van der Waals surface area (Å²) in [6.45, 7) is 4.00. The number of aromatic nitrogens is 1. The molecule has 5 heteroatoms. The molecule has 0 bridgehead atoms. The van der Waals surface area contributed by atoms with Crippen LogP contribution < -0.4 is 22.3 Å². The largest absolute Gasteiger partial charge is 0.397 e. The molecule has 1 aromatic rings. The Hall–Kier alpha value is -1.49. The van der Waals surface area contributed by atoms with E-state index < -0.39 is 0 Å². The van der Waals surface area contributed by atoms with Crippen molar-refractivity contribution in [2.24, 2.45) is 5.84 Å². The maximum Gasteiger partial charge on any atom is 0.167 e. The van der Waals surface area contributed by atoms with Crippen LogP contribution in [0, 0.1) is 0 Å². The van der Waals surface area contributed by atoms with Crippen LogP contribution in [-0.4, -0.2) is 12.0 Å². The monoisotopic (exact) mass is 183 g/mol. The molecule has 6 N–H and O–H groups in total. The topological polar surface area (TPSA) is 94.2 Å². The highest BCUT2D eigenvalue weighted by Crippen LogP contribution is 2.22. The summed E-state index contributed by atoms with van der Waals surface area (Å²) in [4.78, 5) is 3.93. The van der Waals surface area contributed by atoms with Crippen LogP contribution in [0.4, 0.5) is 17.2 Å². The quantitative estimate of drug-likeness (QED) is 0.437. The first-order chi connectivity index (χ1) is 6.13. The Bertz CT molecular complexity index is 259. The van der Waals surface area contributed by atoms with Crippen molar-refractivity contribution in [2.45, 2.75) is 13.8 Å². The molecule has 0 unspecified atom stereocenters. The number of nitrogens with two attached hydrogens (primary N) is 3.